The van der Waals surface area contributed by atoms with Gasteiger partial charge in [0.25, 0.3) is 0 Å². The number of rotatable bonds is 12. The number of unbranched alkanes of at least 4 members (excludes halogenated alkanes) is 2. The molecule has 0 spiro atoms. The van der Waals surface area contributed by atoms with E-state index in [1.54, 1.807) is 0 Å². The third-order valence-electron chi connectivity index (χ3n) is 4.26. The first-order chi connectivity index (χ1) is 8.83. The van der Waals surface area contributed by atoms with Crippen LogP contribution in [-0.2, 0) is 4.74 Å². The highest BCUT2D eigenvalue weighted by Gasteiger charge is 2.18. The van der Waals surface area contributed by atoms with Crippen molar-refractivity contribution in [2.45, 2.75) is 92.9 Å². The minimum atomic E-state index is 0.452. The smallest absolute Gasteiger partial charge is 0.0471 e. The maximum Gasteiger partial charge on any atom is 0.0471 e. The lowest BCUT2D eigenvalue weighted by atomic mass is 9.84. The van der Waals surface area contributed by atoms with Gasteiger partial charge in [0.1, 0.15) is 0 Å². The van der Waals surface area contributed by atoms with Gasteiger partial charge in [0.15, 0.2) is 0 Å². The highest BCUT2D eigenvalue weighted by atomic mass is 16.5. The van der Waals surface area contributed by atoms with E-state index in [1.807, 2.05) is 0 Å². The van der Waals surface area contributed by atoms with Crippen LogP contribution in [0, 0.1) is 10.8 Å². The summed E-state index contributed by atoms with van der Waals surface area (Å²) in [5.41, 5.74) is 0.904. The Labute approximate surface area is 122 Å². The Hall–Kier alpha value is -0.0400. The summed E-state index contributed by atoms with van der Waals surface area (Å²) >= 11 is 0. The Balaban J connectivity index is 3.63. The molecule has 0 saturated carbocycles. The van der Waals surface area contributed by atoms with E-state index >= 15 is 0 Å². The molecule has 0 aliphatic heterocycles. The minimum absolute atomic E-state index is 0.452. The standard InChI is InChI=1S/C18H38O/c1-7-9-11-17(3,4)13-15-19-16-14-18(5,6)12-10-8-2/h7-16H2,1-6H3. The second-order valence-corrected chi connectivity index (χ2v) is 7.65. The zero-order valence-electron chi connectivity index (χ0n) is 14.5. The maximum absolute atomic E-state index is 5.87. The maximum atomic E-state index is 5.87. The summed E-state index contributed by atoms with van der Waals surface area (Å²) in [5.74, 6) is 0. The molecule has 0 rings (SSSR count). The van der Waals surface area contributed by atoms with Gasteiger partial charge in [-0.3, -0.25) is 0 Å². The van der Waals surface area contributed by atoms with Crippen molar-refractivity contribution in [3.63, 3.8) is 0 Å². The summed E-state index contributed by atoms with van der Waals surface area (Å²) in [6, 6.07) is 0. The molecule has 0 aromatic heterocycles. The topological polar surface area (TPSA) is 9.23 Å². The Kier molecular flexibility index (Phi) is 9.78. The lowest BCUT2D eigenvalue weighted by molar-refractivity contribution is 0.0768. The highest BCUT2D eigenvalue weighted by Crippen LogP contribution is 2.29. The van der Waals surface area contributed by atoms with Crippen LogP contribution in [0.1, 0.15) is 92.9 Å². The molecular weight excluding hydrogens is 232 g/mol. The van der Waals surface area contributed by atoms with E-state index in [2.05, 4.69) is 41.5 Å². The molecule has 0 saturated heterocycles. The third-order valence-corrected chi connectivity index (χ3v) is 4.26. The molecule has 1 heteroatoms. The Morgan fingerprint density at radius 2 is 1.00 bits per heavy atom. The summed E-state index contributed by atoms with van der Waals surface area (Å²) in [4.78, 5) is 0. The lowest BCUT2D eigenvalue weighted by Gasteiger charge is -2.26. The molecule has 0 aliphatic rings. The molecule has 0 unspecified atom stereocenters. The molecule has 0 aromatic carbocycles. The molecule has 116 valence electrons. The molecule has 1 nitrogen and oxygen atoms in total. The molecule has 0 aliphatic carbocycles. The quantitative estimate of drug-likeness (QED) is 0.383. The molecule has 19 heavy (non-hydrogen) atoms. The van der Waals surface area contributed by atoms with Crippen LogP contribution in [0.25, 0.3) is 0 Å². The van der Waals surface area contributed by atoms with Gasteiger partial charge in [0, 0.05) is 13.2 Å². The van der Waals surface area contributed by atoms with Gasteiger partial charge >= 0.3 is 0 Å². The molecule has 0 heterocycles. The lowest BCUT2D eigenvalue weighted by Crippen LogP contribution is -2.17. The first-order valence-electron chi connectivity index (χ1n) is 8.41. The Morgan fingerprint density at radius 1 is 0.632 bits per heavy atom. The average Bonchev–Trinajstić information content (AvgIpc) is 2.33. The fraction of sp³-hybridized carbons (Fsp3) is 1.00. The van der Waals surface area contributed by atoms with Gasteiger partial charge in [0.2, 0.25) is 0 Å². The zero-order chi connectivity index (χ0) is 14.8. The van der Waals surface area contributed by atoms with Gasteiger partial charge < -0.3 is 4.74 Å². The predicted octanol–water partition coefficient (Wildman–Crippen LogP) is 6.22. The average molecular weight is 271 g/mol. The van der Waals surface area contributed by atoms with E-state index in [1.165, 1.54) is 51.4 Å². The van der Waals surface area contributed by atoms with Gasteiger partial charge in [-0.15, -0.1) is 0 Å². The second-order valence-electron chi connectivity index (χ2n) is 7.65. The third kappa shape index (κ3) is 11.5. The van der Waals surface area contributed by atoms with Crippen molar-refractivity contribution < 1.29 is 4.74 Å². The van der Waals surface area contributed by atoms with Gasteiger partial charge in [0.05, 0.1) is 0 Å². The van der Waals surface area contributed by atoms with Gasteiger partial charge in [-0.1, -0.05) is 67.2 Å². The van der Waals surface area contributed by atoms with Crippen LogP contribution in [0.4, 0.5) is 0 Å². The van der Waals surface area contributed by atoms with Crippen LogP contribution < -0.4 is 0 Å². The van der Waals surface area contributed by atoms with E-state index in [0.717, 1.165) is 13.2 Å². The fourth-order valence-electron chi connectivity index (χ4n) is 2.36. The van der Waals surface area contributed by atoms with Crippen molar-refractivity contribution in [1.82, 2.24) is 0 Å². The van der Waals surface area contributed by atoms with Gasteiger partial charge in [-0.25, -0.2) is 0 Å². The van der Waals surface area contributed by atoms with Gasteiger partial charge in [-0.05, 0) is 36.5 Å². The minimum Gasteiger partial charge on any atom is -0.381 e. The molecule has 0 fully saturated rings. The fourth-order valence-corrected chi connectivity index (χ4v) is 2.36. The SMILES string of the molecule is CCCCC(C)(C)CCOCCC(C)(C)CCCC. The molecule has 0 aromatic rings. The normalized spacial score (nSPS) is 12.9. The molecule has 0 atom stereocenters. The number of ether oxygens (including phenoxy) is 1. The van der Waals surface area contributed by atoms with Crippen LogP contribution in [-0.4, -0.2) is 13.2 Å². The number of hydrogen-bond acceptors (Lipinski definition) is 1. The van der Waals surface area contributed by atoms with Gasteiger partial charge in [-0.2, -0.15) is 0 Å². The zero-order valence-corrected chi connectivity index (χ0v) is 14.5. The van der Waals surface area contributed by atoms with E-state index in [4.69, 9.17) is 4.74 Å². The van der Waals surface area contributed by atoms with Crippen LogP contribution in [0.3, 0.4) is 0 Å². The van der Waals surface area contributed by atoms with Crippen molar-refractivity contribution in [2.24, 2.45) is 10.8 Å². The van der Waals surface area contributed by atoms with Crippen molar-refractivity contribution in [1.29, 1.82) is 0 Å². The second kappa shape index (κ2) is 9.80. The van der Waals surface area contributed by atoms with E-state index in [0.29, 0.717) is 10.8 Å². The van der Waals surface area contributed by atoms with Crippen LogP contribution in [0.2, 0.25) is 0 Å². The summed E-state index contributed by atoms with van der Waals surface area (Å²) < 4.78 is 5.87. The molecular formula is C18H38O. The van der Waals surface area contributed by atoms with E-state index in [9.17, 15) is 0 Å². The number of hydrogen-bond donors (Lipinski definition) is 0. The summed E-state index contributed by atoms with van der Waals surface area (Å²) in [6.45, 7) is 15.9. The molecule has 0 radical (unpaired) electrons. The summed E-state index contributed by atoms with van der Waals surface area (Å²) in [7, 11) is 0. The van der Waals surface area contributed by atoms with Crippen molar-refractivity contribution in [2.75, 3.05) is 13.2 Å². The molecule has 0 bridgehead atoms. The predicted molar refractivity (Wildman–Crippen MR) is 86.7 cm³/mol. The summed E-state index contributed by atoms with van der Waals surface area (Å²) in [6.07, 6.45) is 10.3. The Bertz CT molecular complexity index is 184. The Morgan fingerprint density at radius 3 is 1.32 bits per heavy atom. The highest BCUT2D eigenvalue weighted by molar-refractivity contribution is 4.69. The van der Waals surface area contributed by atoms with Crippen molar-refractivity contribution in [3.05, 3.63) is 0 Å². The van der Waals surface area contributed by atoms with Crippen molar-refractivity contribution >= 4 is 0 Å². The monoisotopic (exact) mass is 270 g/mol. The first-order valence-corrected chi connectivity index (χ1v) is 8.41. The van der Waals surface area contributed by atoms with Crippen LogP contribution in [0.15, 0.2) is 0 Å². The summed E-state index contributed by atoms with van der Waals surface area (Å²) in [5, 5.41) is 0. The van der Waals surface area contributed by atoms with Crippen molar-refractivity contribution in [3.8, 4) is 0 Å². The first kappa shape index (κ1) is 19.0. The largest absolute Gasteiger partial charge is 0.381 e. The molecule has 0 N–H and O–H groups in total. The van der Waals surface area contributed by atoms with Crippen LogP contribution in [0.5, 0.6) is 0 Å². The van der Waals surface area contributed by atoms with E-state index in [-0.39, 0.29) is 0 Å². The molecule has 0 amide bonds. The van der Waals surface area contributed by atoms with Crippen LogP contribution >= 0.6 is 0 Å². The van der Waals surface area contributed by atoms with E-state index < -0.39 is 0 Å².